The number of benzene rings is 2. The molecule has 0 unspecified atom stereocenters. The molecule has 2 N–H and O–H groups in total. The fourth-order valence-corrected chi connectivity index (χ4v) is 4.99. The van der Waals surface area contributed by atoms with E-state index in [1.54, 1.807) is 18.2 Å². The van der Waals surface area contributed by atoms with Crippen LogP contribution in [0.2, 0.25) is 10.0 Å². The predicted octanol–water partition coefficient (Wildman–Crippen LogP) is 5.05. The average molecular weight is 486 g/mol. The first-order valence-electron chi connectivity index (χ1n) is 7.85. The zero-order valence-electron chi connectivity index (χ0n) is 13.0. The van der Waals surface area contributed by atoms with Crippen LogP contribution in [0, 0.1) is 0 Å². The molecular formula is C19H14Cl2INO2. The zero-order chi connectivity index (χ0) is 17.8. The van der Waals surface area contributed by atoms with Gasteiger partial charge in [-0.15, -0.1) is 0 Å². The molecule has 0 saturated carbocycles. The molecule has 2 aliphatic rings. The second kappa shape index (κ2) is 6.27. The Labute approximate surface area is 169 Å². The van der Waals surface area contributed by atoms with Crippen molar-refractivity contribution in [3.05, 3.63) is 73.3 Å². The molecular weight excluding hydrogens is 472 g/mol. The van der Waals surface area contributed by atoms with Gasteiger partial charge in [-0.05, 0) is 64.4 Å². The standard InChI is InChI=1S/C19H14Cl2INO2/c20-11-3-1-2-10(6-11)14-8-17(24)15(22)9-19(14)13-5-4-12(21)7-16(13)23-18(19)25/h1-7,9,14,17,24H,8H2,(H,23,25)/t14-,17-,19+/m0/s1. The van der Waals surface area contributed by atoms with E-state index in [9.17, 15) is 9.90 Å². The van der Waals surface area contributed by atoms with Gasteiger partial charge in [0, 0.05) is 25.2 Å². The van der Waals surface area contributed by atoms with Crippen LogP contribution in [0.1, 0.15) is 23.5 Å². The van der Waals surface area contributed by atoms with Crippen molar-refractivity contribution in [2.75, 3.05) is 5.32 Å². The number of rotatable bonds is 1. The number of amides is 1. The minimum atomic E-state index is -0.875. The molecule has 1 heterocycles. The molecule has 0 bridgehead atoms. The average Bonchev–Trinajstić information content (AvgIpc) is 2.82. The van der Waals surface area contributed by atoms with Crippen LogP contribution in [0.5, 0.6) is 0 Å². The van der Waals surface area contributed by atoms with Gasteiger partial charge in [0.25, 0.3) is 0 Å². The first-order chi connectivity index (χ1) is 11.9. The number of anilines is 1. The summed E-state index contributed by atoms with van der Waals surface area (Å²) in [7, 11) is 0. The van der Waals surface area contributed by atoms with Gasteiger partial charge in [-0.1, -0.05) is 47.5 Å². The largest absolute Gasteiger partial charge is 0.388 e. The highest BCUT2D eigenvalue weighted by Crippen LogP contribution is 2.54. The molecule has 0 fully saturated rings. The number of aliphatic hydroxyl groups is 1. The Morgan fingerprint density at radius 3 is 2.68 bits per heavy atom. The normalized spacial score (nSPS) is 27.8. The quantitative estimate of drug-likeness (QED) is 0.555. The number of hydrogen-bond acceptors (Lipinski definition) is 2. The summed E-state index contributed by atoms with van der Waals surface area (Å²) in [6, 6.07) is 13.0. The van der Waals surface area contributed by atoms with Crippen molar-refractivity contribution in [3.8, 4) is 0 Å². The molecule has 3 nitrogen and oxygen atoms in total. The minimum absolute atomic E-state index is 0.101. The smallest absolute Gasteiger partial charge is 0.239 e. The maximum absolute atomic E-state index is 13.1. The van der Waals surface area contributed by atoms with E-state index < -0.39 is 11.5 Å². The Hall–Kier alpha value is -1.08. The number of hydrogen-bond donors (Lipinski definition) is 2. The van der Waals surface area contributed by atoms with Gasteiger partial charge in [-0.2, -0.15) is 0 Å². The van der Waals surface area contributed by atoms with Gasteiger partial charge >= 0.3 is 0 Å². The molecule has 128 valence electrons. The molecule has 0 saturated heterocycles. The second-order valence-corrected chi connectivity index (χ2v) is 8.52. The van der Waals surface area contributed by atoms with Crippen molar-refractivity contribution in [2.45, 2.75) is 23.9 Å². The zero-order valence-corrected chi connectivity index (χ0v) is 16.6. The molecule has 1 aliphatic heterocycles. The van der Waals surface area contributed by atoms with E-state index in [2.05, 4.69) is 27.9 Å². The van der Waals surface area contributed by atoms with E-state index in [1.165, 1.54) is 0 Å². The molecule has 1 amide bonds. The Kier molecular flexibility index (Phi) is 4.35. The van der Waals surface area contributed by atoms with E-state index >= 15 is 0 Å². The fraction of sp³-hybridized carbons (Fsp3) is 0.211. The van der Waals surface area contributed by atoms with Crippen molar-refractivity contribution < 1.29 is 9.90 Å². The summed E-state index contributed by atoms with van der Waals surface area (Å²) in [5, 5.41) is 14.6. The summed E-state index contributed by atoms with van der Waals surface area (Å²) in [6.45, 7) is 0. The monoisotopic (exact) mass is 485 g/mol. The summed E-state index contributed by atoms with van der Waals surface area (Å²) in [4.78, 5) is 13.1. The lowest BCUT2D eigenvalue weighted by Crippen LogP contribution is -2.43. The van der Waals surface area contributed by atoms with Crippen LogP contribution in [0.15, 0.2) is 52.1 Å². The van der Waals surface area contributed by atoms with E-state index in [4.69, 9.17) is 23.2 Å². The van der Waals surface area contributed by atoms with Gasteiger partial charge in [-0.25, -0.2) is 0 Å². The van der Waals surface area contributed by atoms with Gasteiger partial charge in [0.2, 0.25) is 5.91 Å². The van der Waals surface area contributed by atoms with Gasteiger partial charge in [0.1, 0.15) is 5.41 Å². The summed E-state index contributed by atoms with van der Waals surface area (Å²) >= 11 is 14.4. The molecule has 6 heteroatoms. The van der Waals surface area contributed by atoms with Crippen molar-refractivity contribution in [1.29, 1.82) is 0 Å². The molecule has 2 aromatic rings. The number of aliphatic hydroxyl groups excluding tert-OH is 1. The van der Waals surface area contributed by atoms with Gasteiger partial charge in [0.15, 0.2) is 0 Å². The van der Waals surface area contributed by atoms with E-state index in [1.807, 2.05) is 30.3 Å². The Bertz CT molecular complexity index is 914. The van der Waals surface area contributed by atoms with E-state index in [0.717, 1.165) is 20.4 Å². The van der Waals surface area contributed by atoms with Gasteiger partial charge < -0.3 is 10.4 Å². The van der Waals surface area contributed by atoms with E-state index in [0.29, 0.717) is 16.5 Å². The molecule has 0 radical (unpaired) electrons. The molecule has 1 spiro atoms. The van der Waals surface area contributed by atoms with Crippen LogP contribution in [0.4, 0.5) is 5.69 Å². The van der Waals surface area contributed by atoms with Crippen molar-refractivity contribution in [1.82, 2.24) is 0 Å². The first kappa shape index (κ1) is 17.3. The fourth-order valence-electron chi connectivity index (χ4n) is 3.88. The van der Waals surface area contributed by atoms with Crippen molar-refractivity contribution in [3.63, 3.8) is 0 Å². The van der Waals surface area contributed by atoms with Crippen LogP contribution >= 0.6 is 45.8 Å². The SMILES string of the molecule is O=C1Nc2cc(Cl)ccc2[C@@]12C=C(I)[C@@H](O)C[C@H]2c1cccc(Cl)c1. The lowest BCUT2D eigenvalue weighted by atomic mass is 9.63. The number of fused-ring (bicyclic) bond motifs is 2. The highest BCUT2D eigenvalue weighted by Gasteiger charge is 2.54. The number of carbonyl (C=O) groups is 1. The molecule has 1 aliphatic carbocycles. The Morgan fingerprint density at radius 1 is 1.16 bits per heavy atom. The third kappa shape index (κ3) is 2.70. The Balaban J connectivity index is 1.97. The number of nitrogens with one attached hydrogen (secondary N) is 1. The predicted molar refractivity (Wildman–Crippen MR) is 109 cm³/mol. The topological polar surface area (TPSA) is 49.3 Å². The maximum atomic E-state index is 13.1. The van der Waals surface area contributed by atoms with Crippen LogP contribution < -0.4 is 5.32 Å². The molecule has 0 aromatic heterocycles. The van der Waals surface area contributed by atoms with Crippen molar-refractivity contribution >= 4 is 57.4 Å². The molecule has 25 heavy (non-hydrogen) atoms. The molecule has 3 atom stereocenters. The van der Waals surface area contributed by atoms with Crippen LogP contribution in [-0.4, -0.2) is 17.1 Å². The summed E-state index contributed by atoms with van der Waals surface area (Å²) < 4.78 is 0.772. The summed E-state index contributed by atoms with van der Waals surface area (Å²) in [5.74, 6) is -0.321. The minimum Gasteiger partial charge on any atom is -0.388 e. The highest BCUT2D eigenvalue weighted by atomic mass is 127. The van der Waals surface area contributed by atoms with Crippen LogP contribution in [0.3, 0.4) is 0 Å². The highest BCUT2D eigenvalue weighted by molar-refractivity contribution is 14.1. The van der Waals surface area contributed by atoms with Gasteiger partial charge in [0.05, 0.1) is 6.10 Å². The molecule has 2 aromatic carbocycles. The first-order valence-corrected chi connectivity index (χ1v) is 9.68. The summed E-state index contributed by atoms with van der Waals surface area (Å²) in [5.41, 5.74) is 1.67. The number of halogens is 3. The van der Waals surface area contributed by atoms with Crippen molar-refractivity contribution in [2.24, 2.45) is 0 Å². The third-order valence-electron chi connectivity index (χ3n) is 4.99. The molecule has 4 rings (SSSR count). The number of carbonyl (C=O) groups excluding carboxylic acids is 1. The van der Waals surface area contributed by atoms with Crippen LogP contribution in [-0.2, 0) is 10.2 Å². The summed E-state index contributed by atoms with van der Waals surface area (Å²) in [6.07, 6.45) is 1.74. The second-order valence-electron chi connectivity index (χ2n) is 6.40. The van der Waals surface area contributed by atoms with Crippen LogP contribution in [0.25, 0.3) is 0 Å². The van der Waals surface area contributed by atoms with Gasteiger partial charge in [-0.3, -0.25) is 4.79 Å². The third-order valence-corrected chi connectivity index (χ3v) is 6.50. The lowest BCUT2D eigenvalue weighted by Gasteiger charge is -2.39. The Morgan fingerprint density at radius 2 is 1.92 bits per heavy atom. The maximum Gasteiger partial charge on any atom is 0.239 e. The van der Waals surface area contributed by atoms with E-state index in [-0.39, 0.29) is 11.8 Å². The lowest BCUT2D eigenvalue weighted by molar-refractivity contribution is -0.120.